The molecule has 2 nitrogen and oxygen atoms in total. The number of halogens is 2. The molecule has 0 spiro atoms. The number of hydrogen-bond acceptors (Lipinski definition) is 2. The molecule has 0 amide bonds. The smallest absolute Gasteiger partial charge is 0.165 e. The fourth-order valence-electron chi connectivity index (χ4n) is 2.50. The minimum absolute atomic E-state index is 0.220. The SMILES string of the molecule is COc1cc(NC(c2ccc(Cl)cc2)C2CC2)ccc1F. The fourth-order valence-corrected chi connectivity index (χ4v) is 2.63. The molecule has 4 heteroatoms. The zero-order valence-corrected chi connectivity index (χ0v) is 12.5. The van der Waals surface area contributed by atoms with Crippen LogP contribution < -0.4 is 10.1 Å². The van der Waals surface area contributed by atoms with Crippen molar-refractivity contribution in [2.75, 3.05) is 12.4 Å². The number of nitrogens with one attached hydrogen (secondary N) is 1. The first-order valence-electron chi connectivity index (χ1n) is 7.03. The Labute approximate surface area is 128 Å². The summed E-state index contributed by atoms with van der Waals surface area (Å²) >= 11 is 5.95. The molecule has 0 aliphatic heterocycles. The van der Waals surface area contributed by atoms with E-state index in [1.807, 2.05) is 24.3 Å². The minimum atomic E-state index is -0.350. The van der Waals surface area contributed by atoms with Gasteiger partial charge in [-0.15, -0.1) is 0 Å². The van der Waals surface area contributed by atoms with E-state index >= 15 is 0 Å². The van der Waals surface area contributed by atoms with E-state index in [1.54, 1.807) is 12.1 Å². The second-order valence-electron chi connectivity index (χ2n) is 5.36. The Kier molecular flexibility index (Phi) is 4.02. The summed E-state index contributed by atoms with van der Waals surface area (Å²) < 4.78 is 18.5. The van der Waals surface area contributed by atoms with Crippen molar-refractivity contribution < 1.29 is 9.13 Å². The summed E-state index contributed by atoms with van der Waals surface area (Å²) in [5.41, 5.74) is 2.06. The van der Waals surface area contributed by atoms with Crippen LogP contribution in [0.4, 0.5) is 10.1 Å². The third kappa shape index (κ3) is 3.30. The Hall–Kier alpha value is -1.74. The van der Waals surface area contributed by atoms with Crippen LogP contribution in [0.15, 0.2) is 42.5 Å². The first kappa shape index (κ1) is 14.2. The van der Waals surface area contributed by atoms with Gasteiger partial charge >= 0.3 is 0 Å². The second kappa shape index (κ2) is 5.94. The van der Waals surface area contributed by atoms with Crippen LogP contribution in [0, 0.1) is 11.7 Å². The lowest BCUT2D eigenvalue weighted by Gasteiger charge is -2.20. The highest BCUT2D eigenvalue weighted by Crippen LogP contribution is 2.43. The lowest BCUT2D eigenvalue weighted by molar-refractivity contribution is 0.386. The van der Waals surface area contributed by atoms with E-state index in [9.17, 15) is 4.39 Å². The molecule has 1 saturated carbocycles. The Morgan fingerprint density at radius 2 is 1.90 bits per heavy atom. The van der Waals surface area contributed by atoms with Crippen LogP contribution in [0.1, 0.15) is 24.4 Å². The molecular formula is C17H17ClFNO. The van der Waals surface area contributed by atoms with Gasteiger partial charge in [0, 0.05) is 16.8 Å². The van der Waals surface area contributed by atoms with Gasteiger partial charge in [-0.2, -0.15) is 0 Å². The maximum atomic E-state index is 13.5. The summed E-state index contributed by atoms with van der Waals surface area (Å²) in [6, 6.07) is 13.0. The molecule has 21 heavy (non-hydrogen) atoms. The molecule has 0 saturated heterocycles. The average Bonchev–Trinajstić information content (AvgIpc) is 3.32. The van der Waals surface area contributed by atoms with Gasteiger partial charge in [0.1, 0.15) is 0 Å². The van der Waals surface area contributed by atoms with Gasteiger partial charge in [0.15, 0.2) is 11.6 Å². The number of benzene rings is 2. The molecule has 110 valence electrons. The normalized spacial score (nSPS) is 15.6. The van der Waals surface area contributed by atoms with Crippen molar-refractivity contribution in [2.24, 2.45) is 5.92 Å². The zero-order valence-electron chi connectivity index (χ0n) is 11.8. The maximum Gasteiger partial charge on any atom is 0.165 e. The van der Waals surface area contributed by atoms with Gasteiger partial charge in [-0.3, -0.25) is 0 Å². The highest BCUT2D eigenvalue weighted by Gasteiger charge is 2.32. The molecule has 0 heterocycles. The summed E-state index contributed by atoms with van der Waals surface area (Å²) in [5, 5.41) is 4.22. The number of rotatable bonds is 5. The highest BCUT2D eigenvalue weighted by atomic mass is 35.5. The molecule has 1 N–H and O–H groups in total. The van der Waals surface area contributed by atoms with Crippen molar-refractivity contribution >= 4 is 17.3 Å². The van der Waals surface area contributed by atoms with Crippen LogP contribution >= 0.6 is 11.6 Å². The summed E-state index contributed by atoms with van der Waals surface area (Å²) in [6.07, 6.45) is 2.41. The molecule has 3 rings (SSSR count). The van der Waals surface area contributed by atoms with Gasteiger partial charge in [-0.1, -0.05) is 23.7 Å². The van der Waals surface area contributed by atoms with Crippen molar-refractivity contribution in [3.63, 3.8) is 0 Å². The maximum absolute atomic E-state index is 13.5. The van der Waals surface area contributed by atoms with Crippen LogP contribution in [-0.4, -0.2) is 7.11 Å². The Morgan fingerprint density at radius 3 is 2.52 bits per heavy atom. The molecule has 1 atom stereocenters. The quantitative estimate of drug-likeness (QED) is 0.834. The third-order valence-electron chi connectivity index (χ3n) is 3.80. The molecule has 1 aliphatic carbocycles. The zero-order chi connectivity index (χ0) is 14.8. The van der Waals surface area contributed by atoms with Crippen LogP contribution in [0.3, 0.4) is 0 Å². The molecule has 0 bridgehead atoms. The Bertz CT molecular complexity index is 625. The number of anilines is 1. The largest absolute Gasteiger partial charge is 0.494 e. The Morgan fingerprint density at radius 1 is 1.19 bits per heavy atom. The number of methoxy groups -OCH3 is 1. The molecular weight excluding hydrogens is 289 g/mol. The summed E-state index contributed by atoms with van der Waals surface area (Å²) in [7, 11) is 1.47. The van der Waals surface area contributed by atoms with E-state index in [4.69, 9.17) is 16.3 Å². The van der Waals surface area contributed by atoms with Crippen LogP contribution in [0.2, 0.25) is 5.02 Å². The van der Waals surface area contributed by atoms with Crippen LogP contribution in [0.5, 0.6) is 5.75 Å². The third-order valence-corrected chi connectivity index (χ3v) is 4.05. The van der Waals surface area contributed by atoms with Crippen molar-refractivity contribution in [2.45, 2.75) is 18.9 Å². The lowest BCUT2D eigenvalue weighted by atomic mass is 10.0. The highest BCUT2D eigenvalue weighted by molar-refractivity contribution is 6.30. The van der Waals surface area contributed by atoms with E-state index in [-0.39, 0.29) is 17.6 Å². The predicted octanol–water partition coefficient (Wildman–Crippen LogP) is 5.05. The minimum Gasteiger partial charge on any atom is -0.494 e. The molecule has 1 fully saturated rings. The number of hydrogen-bond donors (Lipinski definition) is 1. The van der Waals surface area contributed by atoms with Gasteiger partial charge in [-0.25, -0.2) is 4.39 Å². The second-order valence-corrected chi connectivity index (χ2v) is 5.80. The van der Waals surface area contributed by atoms with Crippen molar-refractivity contribution in [1.82, 2.24) is 0 Å². The standard InChI is InChI=1S/C17H17ClFNO/c1-21-16-10-14(8-9-15(16)19)20-17(11-2-3-11)12-4-6-13(18)7-5-12/h4-11,17,20H,2-3H2,1H3. The van der Waals surface area contributed by atoms with Crippen molar-refractivity contribution in [1.29, 1.82) is 0 Å². The molecule has 0 radical (unpaired) electrons. The van der Waals surface area contributed by atoms with Crippen LogP contribution in [-0.2, 0) is 0 Å². The lowest BCUT2D eigenvalue weighted by Crippen LogP contribution is -2.13. The van der Waals surface area contributed by atoms with Gasteiger partial charge in [0.2, 0.25) is 0 Å². The summed E-state index contributed by atoms with van der Waals surface area (Å²) in [6.45, 7) is 0. The first-order chi connectivity index (χ1) is 10.2. The monoisotopic (exact) mass is 305 g/mol. The molecule has 0 aromatic heterocycles. The average molecular weight is 306 g/mol. The van der Waals surface area contributed by atoms with Gasteiger partial charge in [0.05, 0.1) is 13.2 Å². The van der Waals surface area contributed by atoms with Crippen molar-refractivity contribution in [3.8, 4) is 5.75 Å². The van der Waals surface area contributed by atoms with Crippen LogP contribution in [0.25, 0.3) is 0 Å². The Balaban J connectivity index is 1.84. The topological polar surface area (TPSA) is 21.3 Å². The first-order valence-corrected chi connectivity index (χ1v) is 7.40. The van der Waals surface area contributed by atoms with E-state index in [0.29, 0.717) is 5.92 Å². The van der Waals surface area contributed by atoms with E-state index in [1.165, 1.54) is 31.6 Å². The number of ether oxygens (including phenoxy) is 1. The fraction of sp³-hybridized carbons (Fsp3) is 0.294. The molecule has 1 unspecified atom stereocenters. The predicted molar refractivity (Wildman–Crippen MR) is 83.5 cm³/mol. The summed E-state index contributed by atoms with van der Waals surface area (Å²) in [5.74, 6) is 0.519. The van der Waals surface area contributed by atoms with Gasteiger partial charge < -0.3 is 10.1 Å². The van der Waals surface area contributed by atoms with E-state index in [2.05, 4.69) is 5.32 Å². The summed E-state index contributed by atoms with van der Waals surface area (Å²) in [4.78, 5) is 0. The molecule has 2 aromatic carbocycles. The van der Waals surface area contributed by atoms with Gasteiger partial charge in [-0.05, 0) is 48.6 Å². The van der Waals surface area contributed by atoms with Crippen molar-refractivity contribution in [3.05, 3.63) is 58.9 Å². The molecule has 2 aromatic rings. The van der Waals surface area contributed by atoms with E-state index < -0.39 is 0 Å². The van der Waals surface area contributed by atoms with E-state index in [0.717, 1.165) is 10.7 Å². The molecule has 1 aliphatic rings. The van der Waals surface area contributed by atoms with Gasteiger partial charge in [0.25, 0.3) is 0 Å².